The third kappa shape index (κ3) is 4.90. The van der Waals surface area contributed by atoms with Gasteiger partial charge in [-0.3, -0.25) is 14.5 Å². The van der Waals surface area contributed by atoms with Crippen LogP contribution in [-0.4, -0.2) is 47.4 Å². The van der Waals surface area contributed by atoms with Crippen LogP contribution in [0.5, 0.6) is 0 Å². The van der Waals surface area contributed by atoms with Crippen molar-refractivity contribution in [3.8, 4) is 11.8 Å². The van der Waals surface area contributed by atoms with E-state index < -0.39 is 11.4 Å². The van der Waals surface area contributed by atoms with E-state index in [0.29, 0.717) is 32.2 Å². The van der Waals surface area contributed by atoms with Gasteiger partial charge >= 0.3 is 5.97 Å². The Morgan fingerprint density at radius 2 is 1.88 bits per heavy atom. The van der Waals surface area contributed by atoms with Gasteiger partial charge in [0.25, 0.3) is 0 Å². The van der Waals surface area contributed by atoms with Gasteiger partial charge in [-0.05, 0) is 56.3 Å². The van der Waals surface area contributed by atoms with E-state index in [0.717, 1.165) is 31.9 Å². The highest BCUT2D eigenvalue weighted by Gasteiger charge is 2.44. The molecule has 1 heterocycles. The summed E-state index contributed by atoms with van der Waals surface area (Å²) < 4.78 is 1.05. The summed E-state index contributed by atoms with van der Waals surface area (Å²) in [6, 6.07) is 13.9. The third-order valence-corrected chi connectivity index (χ3v) is 6.96. The van der Waals surface area contributed by atoms with Gasteiger partial charge in [-0.1, -0.05) is 36.1 Å². The second kappa shape index (κ2) is 9.23. The number of hydrogen-bond acceptors (Lipinski definition) is 5. The lowest BCUT2D eigenvalue weighted by Crippen LogP contribution is -2.35. The molecule has 164 valence electrons. The van der Waals surface area contributed by atoms with Crippen molar-refractivity contribution in [2.45, 2.75) is 32.1 Å². The van der Waals surface area contributed by atoms with Crippen LogP contribution in [0.3, 0.4) is 0 Å². The highest BCUT2D eigenvalue weighted by atomic mass is 32.1. The monoisotopic (exact) mass is 446 g/mol. The van der Waals surface area contributed by atoms with Crippen molar-refractivity contribution in [3.05, 3.63) is 64.2 Å². The number of thiazole rings is 1. The van der Waals surface area contributed by atoms with Gasteiger partial charge in [-0.25, -0.2) is 4.98 Å². The smallest absolute Gasteiger partial charge is 0.304 e. The summed E-state index contributed by atoms with van der Waals surface area (Å²) in [5, 5.41) is 10.4. The number of ketones is 1. The maximum absolute atomic E-state index is 13.3. The summed E-state index contributed by atoms with van der Waals surface area (Å²) >= 11 is 1.58. The number of aromatic nitrogens is 1. The van der Waals surface area contributed by atoms with Gasteiger partial charge in [0, 0.05) is 23.8 Å². The van der Waals surface area contributed by atoms with Gasteiger partial charge in [0.15, 0.2) is 0 Å². The molecule has 0 fully saturated rings. The zero-order valence-electron chi connectivity index (χ0n) is 18.4. The Morgan fingerprint density at radius 1 is 1.16 bits per heavy atom. The molecule has 5 nitrogen and oxygen atoms in total. The van der Waals surface area contributed by atoms with E-state index in [9.17, 15) is 14.7 Å². The average molecular weight is 447 g/mol. The van der Waals surface area contributed by atoms with Gasteiger partial charge in [-0.2, -0.15) is 0 Å². The molecule has 0 saturated heterocycles. The first-order valence-corrected chi connectivity index (χ1v) is 11.5. The minimum Gasteiger partial charge on any atom is -0.481 e. The second-order valence-corrected chi connectivity index (χ2v) is 9.84. The van der Waals surface area contributed by atoms with Crippen LogP contribution in [0, 0.1) is 17.3 Å². The van der Waals surface area contributed by atoms with Crippen LogP contribution >= 0.6 is 11.3 Å². The fourth-order valence-corrected chi connectivity index (χ4v) is 5.35. The molecule has 0 radical (unpaired) electrons. The first-order chi connectivity index (χ1) is 15.3. The van der Waals surface area contributed by atoms with Gasteiger partial charge in [0.1, 0.15) is 5.78 Å². The van der Waals surface area contributed by atoms with Crippen LogP contribution in [0.1, 0.15) is 34.5 Å². The fourth-order valence-electron chi connectivity index (χ4n) is 4.35. The Balaban J connectivity index is 1.47. The van der Waals surface area contributed by atoms with E-state index in [2.05, 4.69) is 16.8 Å². The van der Waals surface area contributed by atoms with E-state index in [4.69, 9.17) is 0 Å². The van der Waals surface area contributed by atoms with Crippen molar-refractivity contribution in [2.75, 3.05) is 20.6 Å². The second-order valence-electron chi connectivity index (χ2n) is 8.73. The van der Waals surface area contributed by atoms with E-state index in [1.807, 2.05) is 61.5 Å². The number of carboxylic acids is 1. The number of benzene rings is 2. The molecular formula is C26H26N2O3S. The van der Waals surface area contributed by atoms with Crippen molar-refractivity contribution in [3.63, 3.8) is 0 Å². The summed E-state index contributed by atoms with van der Waals surface area (Å²) in [5.74, 6) is 5.41. The van der Waals surface area contributed by atoms with Gasteiger partial charge in [-0.15, -0.1) is 11.3 Å². The molecule has 0 amide bonds. The average Bonchev–Trinajstić information content (AvgIpc) is 3.31. The fraction of sp³-hybridized carbons (Fsp3) is 0.346. The highest BCUT2D eigenvalue weighted by molar-refractivity contribution is 7.18. The predicted octanol–water partition coefficient (Wildman–Crippen LogP) is 3.97. The van der Waals surface area contributed by atoms with Gasteiger partial charge < -0.3 is 5.11 Å². The van der Waals surface area contributed by atoms with Crippen molar-refractivity contribution in [1.29, 1.82) is 0 Å². The molecule has 1 N–H and O–H groups in total. The number of carbonyl (C=O) groups is 2. The number of hydrogen-bond donors (Lipinski definition) is 1. The molecule has 0 unspecified atom stereocenters. The van der Waals surface area contributed by atoms with Crippen LogP contribution in [-0.2, 0) is 28.9 Å². The standard InChI is InChI=1S/C26H26N2O3S/c1-28(2)13-5-6-18-9-10-21-22(14-18)32-24(27-21)12-11-23(29)26(17-25(30)31)15-19-7-3-4-8-20(19)16-26/h3-4,7-10,14H,11-13,15-17H2,1-2H3,(H,30,31). The molecule has 1 aromatic heterocycles. The van der Waals surface area contributed by atoms with Crippen LogP contribution in [0.25, 0.3) is 10.2 Å². The van der Waals surface area contributed by atoms with Crippen molar-refractivity contribution < 1.29 is 14.7 Å². The highest BCUT2D eigenvalue weighted by Crippen LogP contribution is 2.41. The first kappa shape index (κ1) is 22.2. The first-order valence-electron chi connectivity index (χ1n) is 10.7. The molecule has 2 aromatic carbocycles. The number of aliphatic carboxylic acids is 1. The summed E-state index contributed by atoms with van der Waals surface area (Å²) in [6.45, 7) is 0.704. The molecular weight excluding hydrogens is 420 g/mol. The van der Waals surface area contributed by atoms with Crippen LogP contribution in [0.4, 0.5) is 0 Å². The van der Waals surface area contributed by atoms with Crippen molar-refractivity contribution >= 4 is 33.3 Å². The number of rotatable bonds is 7. The minimum atomic E-state index is -0.922. The Labute approximate surface area is 192 Å². The molecule has 0 atom stereocenters. The number of carboxylic acid groups (broad SMARTS) is 1. The largest absolute Gasteiger partial charge is 0.481 e. The summed E-state index contributed by atoms with van der Waals surface area (Å²) in [7, 11) is 3.97. The molecule has 32 heavy (non-hydrogen) atoms. The lowest BCUT2D eigenvalue weighted by molar-refractivity contribution is -0.144. The Hall–Kier alpha value is -3.01. The maximum Gasteiger partial charge on any atom is 0.304 e. The predicted molar refractivity (Wildman–Crippen MR) is 127 cm³/mol. The van der Waals surface area contributed by atoms with Gasteiger partial charge in [0.2, 0.25) is 0 Å². The SMILES string of the molecule is CN(C)CC#Cc1ccc2nc(CCC(=O)C3(CC(=O)O)Cc4ccccc4C3)sc2c1. The Bertz CT molecular complexity index is 1210. The molecule has 0 bridgehead atoms. The Morgan fingerprint density at radius 3 is 2.53 bits per heavy atom. The zero-order chi connectivity index (χ0) is 22.7. The maximum atomic E-state index is 13.3. The number of aryl methyl sites for hydroxylation is 1. The van der Waals surface area contributed by atoms with Crippen molar-refractivity contribution in [2.24, 2.45) is 5.41 Å². The molecule has 6 heteroatoms. The van der Waals surface area contributed by atoms with E-state index >= 15 is 0 Å². The zero-order valence-corrected chi connectivity index (χ0v) is 19.2. The van der Waals surface area contributed by atoms with Gasteiger partial charge in [0.05, 0.1) is 28.2 Å². The number of Topliss-reactive ketones (excluding diaryl/α,β-unsaturated/α-hetero) is 1. The van der Waals surface area contributed by atoms with Crippen LogP contribution in [0.15, 0.2) is 42.5 Å². The van der Waals surface area contributed by atoms with E-state index in [-0.39, 0.29) is 12.2 Å². The molecule has 1 aliphatic rings. The molecule has 4 rings (SSSR count). The number of carbonyl (C=O) groups excluding carboxylic acids is 1. The van der Waals surface area contributed by atoms with Crippen molar-refractivity contribution in [1.82, 2.24) is 9.88 Å². The van der Waals surface area contributed by atoms with Crippen LogP contribution < -0.4 is 0 Å². The normalized spacial score (nSPS) is 14.2. The summed E-state index contributed by atoms with van der Waals surface area (Å²) in [4.78, 5) is 31.6. The quantitative estimate of drug-likeness (QED) is 0.556. The summed E-state index contributed by atoms with van der Waals surface area (Å²) in [6.07, 6.45) is 1.70. The molecule has 0 spiro atoms. The lowest BCUT2D eigenvalue weighted by atomic mass is 9.76. The summed E-state index contributed by atoms with van der Waals surface area (Å²) in [5.41, 5.74) is 3.19. The third-order valence-electron chi connectivity index (χ3n) is 5.88. The van der Waals surface area contributed by atoms with Crippen LogP contribution in [0.2, 0.25) is 0 Å². The lowest BCUT2D eigenvalue weighted by Gasteiger charge is -2.25. The van der Waals surface area contributed by atoms with E-state index in [1.54, 1.807) is 11.3 Å². The number of fused-ring (bicyclic) bond motifs is 2. The molecule has 1 aliphatic carbocycles. The number of nitrogens with zero attached hydrogens (tertiary/aromatic N) is 2. The molecule has 0 saturated carbocycles. The Kier molecular flexibility index (Phi) is 6.40. The molecule has 0 aliphatic heterocycles. The minimum absolute atomic E-state index is 0.0191. The van der Waals surface area contributed by atoms with E-state index in [1.165, 1.54) is 0 Å². The molecule has 3 aromatic rings. The topological polar surface area (TPSA) is 70.5 Å².